The van der Waals surface area contributed by atoms with Gasteiger partial charge in [0.15, 0.2) is 0 Å². The van der Waals surface area contributed by atoms with E-state index in [1.54, 1.807) is 6.20 Å². The summed E-state index contributed by atoms with van der Waals surface area (Å²) in [5, 5.41) is 5.09. The van der Waals surface area contributed by atoms with Gasteiger partial charge in [0.1, 0.15) is 0 Å². The van der Waals surface area contributed by atoms with Crippen molar-refractivity contribution in [1.82, 2.24) is 10.4 Å². The summed E-state index contributed by atoms with van der Waals surface area (Å²) in [6.07, 6.45) is 10.6. The summed E-state index contributed by atoms with van der Waals surface area (Å²) in [4.78, 5) is 15.3. The first-order chi connectivity index (χ1) is 10.3. The van der Waals surface area contributed by atoms with Gasteiger partial charge in [-0.25, -0.2) is 5.43 Å². The van der Waals surface area contributed by atoms with Crippen LogP contribution >= 0.6 is 0 Å². The summed E-state index contributed by atoms with van der Waals surface area (Å²) in [6.45, 7) is 0. The minimum atomic E-state index is -0.164. The average molecular weight is 279 g/mol. The van der Waals surface area contributed by atoms with E-state index >= 15 is 0 Å². The van der Waals surface area contributed by atoms with Gasteiger partial charge in [-0.2, -0.15) is 5.10 Å². The number of rotatable bonds is 3. The lowest BCUT2D eigenvalue weighted by Crippen LogP contribution is -2.19. The molecule has 2 aromatic rings. The second kappa shape index (κ2) is 4.88. The molecule has 2 aliphatic carbocycles. The van der Waals surface area contributed by atoms with Gasteiger partial charge < -0.3 is 4.98 Å². The highest BCUT2D eigenvalue weighted by atomic mass is 16.2. The fourth-order valence-corrected chi connectivity index (χ4v) is 3.51. The summed E-state index contributed by atoms with van der Waals surface area (Å²) >= 11 is 0. The van der Waals surface area contributed by atoms with Gasteiger partial charge in [-0.05, 0) is 30.7 Å². The number of amides is 1. The highest BCUT2D eigenvalue weighted by molar-refractivity contribution is 6.06. The summed E-state index contributed by atoms with van der Waals surface area (Å²) in [6, 6.07) is 7.77. The summed E-state index contributed by atoms with van der Waals surface area (Å²) < 4.78 is 0. The molecule has 106 valence electrons. The van der Waals surface area contributed by atoms with Crippen LogP contribution in [0.25, 0.3) is 10.9 Å². The van der Waals surface area contributed by atoms with Crippen LogP contribution in [0.1, 0.15) is 23.2 Å². The Bertz CT molecular complexity index is 743. The lowest BCUT2D eigenvalue weighted by atomic mass is 9.95. The van der Waals surface area contributed by atoms with Crippen LogP contribution in [0.15, 0.2) is 47.7 Å². The Kier molecular flexibility index (Phi) is 2.88. The molecule has 1 aromatic carbocycles. The Morgan fingerprint density at radius 2 is 2.19 bits per heavy atom. The standard InChI is InChI=1S/C17H17N3O/c21-17(15-10-18-16-4-2-1-3-14(15)16)20-19-9-13-8-11-5-6-12(13)7-11/h1-6,9-13,18H,7-8H2,(H,20,21)/b19-9+. The number of hydrogen-bond donors (Lipinski definition) is 2. The fraction of sp³-hybridized carbons (Fsp3) is 0.294. The maximum absolute atomic E-state index is 12.2. The van der Waals surface area contributed by atoms with Gasteiger partial charge in [0, 0.05) is 29.2 Å². The van der Waals surface area contributed by atoms with Gasteiger partial charge in [-0.3, -0.25) is 4.79 Å². The number of allylic oxidation sites excluding steroid dienone is 2. The van der Waals surface area contributed by atoms with E-state index in [1.165, 1.54) is 6.42 Å². The van der Waals surface area contributed by atoms with Crippen molar-refractivity contribution in [3.8, 4) is 0 Å². The molecule has 2 N–H and O–H groups in total. The van der Waals surface area contributed by atoms with E-state index in [2.05, 4.69) is 27.7 Å². The lowest BCUT2D eigenvalue weighted by Gasteiger charge is -2.11. The number of para-hydroxylation sites is 1. The van der Waals surface area contributed by atoms with E-state index in [1.807, 2.05) is 30.5 Å². The molecular formula is C17H17N3O. The third-order valence-corrected chi connectivity index (χ3v) is 4.60. The Labute approximate surface area is 122 Å². The Hall–Kier alpha value is -2.36. The van der Waals surface area contributed by atoms with E-state index in [4.69, 9.17) is 0 Å². The van der Waals surface area contributed by atoms with E-state index < -0.39 is 0 Å². The summed E-state index contributed by atoms with van der Waals surface area (Å²) in [5.74, 6) is 1.64. The number of fused-ring (bicyclic) bond motifs is 3. The second-order valence-corrected chi connectivity index (χ2v) is 5.91. The van der Waals surface area contributed by atoms with Crippen molar-refractivity contribution < 1.29 is 4.79 Å². The zero-order valence-electron chi connectivity index (χ0n) is 11.6. The van der Waals surface area contributed by atoms with Gasteiger partial charge in [0.25, 0.3) is 5.91 Å². The summed E-state index contributed by atoms with van der Waals surface area (Å²) in [5.41, 5.74) is 4.25. The second-order valence-electron chi connectivity index (χ2n) is 5.91. The molecule has 1 fully saturated rings. The quantitative estimate of drug-likeness (QED) is 0.506. The van der Waals surface area contributed by atoms with E-state index in [-0.39, 0.29) is 5.91 Å². The van der Waals surface area contributed by atoms with Crippen LogP contribution in [0.2, 0.25) is 0 Å². The van der Waals surface area contributed by atoms with Crippen molar-refractivity contribution in [3.63, 3.8) is 0 Å². The average Bonchev–Trinajstić information content (AvgIpc) is 3.21. The van der Waals surface area contributed by atoms with Gasteiger partial charge >= 0.3 is 0 Å². The van der Waals surface area contributed by atoms with Crippen LogP contribution in [-0.2, 0) is 0 Å². The third-order valence-electron chi connectivity index (χ3n) is 4.60. The number of carbonyl (C=O) groups excluding carboxylic acids is 1. The highest BCUT2D eigenvalue weighted by Crippen LogP contribution is 2.42. The molecule has 1 amide bonds. The molecule has 3 unspecified atom stereocenters. The number of hydrazone groups is 1. The number of H-pyrrole nitrogens is 1. The monoisotopic (exact) mass is 279 g/mol. The molecule has 0 saturated heterocycles. The van der Waals surface area contributed by atoms with Crippen molar-refractivity contribution >= 4 is 23.0 Å². The molecule has 0 spiro atoms. The molecule has 0 aliphatic heterocycles. The lowest BCUT2D eigenvalue weighted by molar-refractivity contribution is 0.0956. The molecule has 3 atom stereocenters. The number of nitrogens with zero attached hydrogens (tertiary/aromatic N) is 1. The molecule has 1 aromatic heterocycles. The van der Waals surface area contributed by atoms with Crippen molar-refractivity contribution in [3.05, 3.63) is 48.2 Å². The molecular weight excluding hydrogens is 262 g/mol. The molecule has 1 heterocycles. The molecule has 2 aliphatic rings. The largest absolute Gasteiger partial charge is 0.360 e. The van der Waals surface area contributed by atoms with Gasteiger partial charge in [0.2, 0.25) is 0 Å². The Morgan fingerprint density at radius 3 is 3.00 bits per heavy atom. The van der Waals surface area contributed by atoms with Crippen LogP contribution in [0.3, 0.4) is 0 Å². The molecule has 4 nitrogen and oxygen atoms in total. The first kappa shape index (κ1) is 12.4. The normalized spacial score (nSPS) is 27.0. The maximum Gasteiger partial charge on any atom is 0.273 e. The number of aromatic amines is 1. The number of hydrogen-bond acceptors (Lipinski definition) is 2. The van der Waals surface area contributed by atoms with Crippen LogP contribution < -0.4 is 5.43 Å². The van der Waals surface area contributed by atoms with Gasteiger partial charge in [-0.1, -0.05) is 30.4 Å². The zero-order chi connectivity index (χ0) is 14.2. The van der Waals surface area contributed by atoms with Crippen LogP contribution in [0.5, 0.6) is 0 Å². The van der Waals surface area contributed by atoms with E-state index in [9.17, 15) is 4.79 Å². The number of nitrogens with one attached hydrogen (secondary N) is 2. The topological polar surface area (TPSA) is 57.2 Å². The minimum Gasteiger partial charge on any atom is -0.360 e. The smallest absolute Gasteiger partial charge is 0.273 e. The molecule has 4 heteroatoms. The van der Waals surface area contributed by atoms with Crippen molar-refractivity contribution in [2.75, 3.05) is 0 Å². The number of benzene rings is 1. The van der Waals surface area contributed by atoms with Crippen molar-refractivity contribution in [2.45, 2.75) is 12.8 Å². The maximum atomic E-state index is 12.2. The molecule has 1 saturated carbocycles. The predicted octanol–water partition coefficient (Wildman–Crippen LogP) is 3.10. The zero-order valence-corrected chi connectivity index (χ0v) is 11.6. The first-order valence-corrected chi connectivity index (χ1v) is 7.39. The molecule has 21 heavy (non-hydrogen) atoms. The Balaban J connectivity index is 1.45. The van der Waals surface area contributed by atoms with E-state index in [0.717, 1.165) is 23.2 Å². The van der Waals surface area contributed by atoms with E-state index in [0.29, 0.717) is 17.4 Å². The number of aromatic nitrogens is 1. The Morgan fingerprint density at radius 1 is 1.29 bits per heavy atom. The minimum absolute atomic E-state index is 0.164. The highest BCUT2D eigenvalue weighted by Gasteiger charge is 2.34. The summed E-state index contributed by atoms with van der Waals surface area (Å²) in [7, 11) is 0. The van der Waals surface area contributed by atoms with Gasteiger partial charge in [0.05, 0.1) is 5.56 Å². The van der Waals surface area contributed by atoms with Gasteiger partial charge in [-0.15, -0.1) is 0 Å². The predicted molar refractivity (Wildman–Crippen MR) is 83.1 cm³/mol. The van der Waals surface area contributed by atoms with Crippen molar-refractivity contribution in [1.29, 1.82) is 0 Å². The molecule has 0 radical (unpaired) electrons. The number of carbonyl (C=O) groups is 1. The van der Waals surface area contributed by atoms with Crippen molar-refractivity contribution in [2.24, 2.45) is 22.9 Å². The van der Waals surface area contributed by atoms with Crippen LogP contribution in [0, 0.1) is 17.8 Å². The fourth-order valence-electron chi connectivity index (χ4n) is 3.51. The third kappa shape index (κ3) is 2.17. The van der Waals surface area contributed by atoms with Crippen LogP contribution in [-0.4, -0.2) is 17.1 Å². The molecule has 2 bridgehead atoms. The van der Waals surface area contributed by atoms with Crippen LogP contribution in [0.4, 0.5) is 0 Å². The first-order valence-electron chi connectivity index (χ1n) is 7.39. The SMILES string of the molecule is O=C(N/N=C/C1CC2C=CC1C2)c1c[nH]c2ccccc12. The molecule has 4 rings (SSSR count).